The third-order valence-corrected chi connectivity index (χ3v) is 13.1. The number of β-lactam (4-membered cyclic amide) rings is 1. The first-order valence-corrected chi connectivity index (χ1v) is 18.0. The van der Waals surface area contributed by atoms with Crippen LogP contribution in [-0.4, -0.2) is 131 Å². The first-order valence-electron chi connectivity index (χ1n) is 16.5. The second-order valence-corrected chi connectivity index (χ2v) is 16.0. The first-order chi connectivity index (χ1) is 22.8. The minimum absolute atomic E-state index is 0.0842. The number of aliphatic hydroxyl groups is 1. The molecule has 4 atom stereocenters. The summed E-state index contributed by atoms with van der Waals surface area (Å²) in [5.74, 6) is -3.32. The predicted octanol–water partition coefficient (Wildman–Crippen LogP) is 0.328. The Morgan fingerprint density at radius 1 is 1.04 bits per heavy atom. The summed E-state index contributed by atoms with van der Waals surface area (Å²) in [7, 11) is -4.20. The molecule has 0 saturated carbocycles. The minimum atomic E-state index is -4.20. The molecule has 4 fully saturated rings. The summed E-state index contributed by atoms with van der Waals surface area (Å²) in [5.41, 5.74) is 8.24. The Balaban J connectivity index is 1.19. The Morgan fingerprint density at radius 2 is 1.69 bits per heavy atom. The van der Waals surface area contributed by atoms with E-state index in [4.69, 9.17) is 5.73 Å². The molecule has 2 bridgehead atoms. The Bertz CT molecular complexity index is 1850. The highest BCUT2D eigenvalue weighted by atomic mass is 32.2. The number of aliphatic hydroxyl groups excluding tert-OH is 1. The number of amides is 2. The second kappa shape index (κ2) is 11.5. The van der Waals surface area contributed by atoms with Crippen LogP contribution in [0.2, 0.25) is 0 Å². The molecule has 0 aromatic heterocycles. The SMILES string of the molecule is CC(O)C1C(=O)N2C(C(=O)O)=C(CN3N=C(c4ccccc4)c4cc(CC[N+]56CC[N+](CC(N)=O)(CC5)CC6)ccc4S3(=O)=O)C(C)C12. The maximum absolute atomic E-state index is 14.2. The number of carbonyl (C=O) groups excluding carboxylic acids is 2. The van der Waals surface area contributed by atoms with Crippen LogP contribution in [0, 0.1) is 11.8 Å². The molecule has 14 heteroatoms. The van der Waals surface area contributed by atoms with Gasteiger partial charge in [-0.25, -0.2) is 4.79 Å². The summed E-state index contributed by atoms with van der Waals surface area (Å²) in [6.45, 7) is 9.94. The molecule has 4 N–H and O–H groups in total. The molecule has 0 aliphatic carbocycles. The van der Waals surface area contributed by atoms with E-state index in [1.165, 1.54) is 11.8 Å². The average molecular weight is 679 g/mol. The quantitative estimate of drug-likeness (QED) is 0.240. The lowest BCUT2D eigenvalue weighted by molar-refractivity contribution is -1.08. The number of hydrogen-bond acceptors (Lipinski definition) is 7. The van der Waals surface area contributed by atoms with Gasteiger partial charge in [0.15, 0.2) is 6.54 Å². The summed E-state index contributed by atoms with van der Waals surface area (Å²) in [6, 6.07) is 14.1. The molecule has 4 saturated heterocycles. The lowest BCUT2D eigenvalue weighted by Crippen LogP contribution is -2.76. The molecule has 48 heavy (non-hydrogen) atoms. The van der Waals surface area contributed by atoms with E-state index in [0.29, 0.717) is 23.4 Å². The molecule has 2 aromatic carbocycles. The number of primary amides is 1. The van der Waals surface area contributed by atoms with Gasteiger partial charge < -0.3 is 29.8 Å². The van der Waals surface area contributed by atoms with Crippen molar-refractivity contribution in [1.82, 2.24) is 9.31 Å². The summed E-state index contributed by atoms with van der Waals surface area (Å²) in [4.78, 5) is 38.3. The van der Waals surface area contributed by atoms with Crippen molar-refractivity contribution in [3.8, 4) is 0 Å². The molecule has 0 spiro atoms. The number of nitrogens with zero attached hydrogens (tertiary/aromatic N) is 5. The molecule has 0 radical (unpaired) electrons. The predicted molar refractivity (Wildman–Crippen MR) is 174 cm³/mol. The number of hydrazone groups is 1. The van der Waals surface area contributed by atoms with Crippen LogP contribution in [0.15, 0.2) is 69.8 Å². The highest BCUT2D eigenvalue weighted by Crippen LogP contribution is 2.48. The third-order valence-electron chi connectivity index (χ3n) is 11.4. The van der Waals surface area contributed by atoms with Crippen LogP contribution in [0.1, 0.15) is 30.5 Å². The molecule has 4 unspecified atom stereocenters. The van der Waals surface area contributed by atoms with Gasteiger partial charge in [-0.2, -0.15) is 17.9 Å². The van der Waals surface area contributed by atoms with Gasteiger partial charge >= 0.3 is 5.97 Å². The third kappa shape index (κ3) is 5.13. The number of hydrogen-bond donors (Lipinski definition) is 3. The number of nitrogens with two attached hydrogens (primary N) is 1. The van der Waals surface area contributed by atoms with E-state index < -0.39 is 45.9 Å². The Kier molecular flexibility index (Phi) is 7.77. The number of piperazine rings is 3. The zero-order valence-corrected chi connectivity index (χ0v) is 28.0. The molecule has 6 heterocycles. The van der Waals surface area contributed by atoms with Crippen molar-refractivity contribution in [2.75, 3.05) is 58.9 Å². The van der Waals surface area contributed by atoms with Gasteiger partial charge in [-0.3, -0.25) is 9.59 Å². The number of rotatable bonds is 10. The van der Waals surface area contributed by atoms with E-state index >= 15 is 0 Å². The Hall–Kier alpha value is -4.11. The first kappa shape index (κ1) is 32.4. The topological polar surface area (TPSA) is 171 Å². The van der Waals surface area contributed by atoms with Crippen molar-refractivity contribution in [3.05, 3.63) is 76.5 Å². The minimum Gasteiger partial charge on any atom is -0.477 e. The summed E-state index contributed by atoms with van der Waals surface area (Å²) in [5, 5.41) is 25.1. The maximum atomic E-state index is 14.2. The number of sulfonamides is 1. The van der Waals surface area contributed by atoms with Crippen LogP contribution in [0.4, 0.5) is 0 Å². The van der Waals surface area contributed by atoms with Gasteiger partial charge in [0.25, 0.3) is 15.9 Å². The summed E-state index contributed by atoms with van der Waals surface area (Å²) < 4.78 is 31.1. The molecule has 6 aliphatic heterocycles. The smallest absolute Gasteiger partial charge is 0.352 e. The lowest BCUT2D eigenvalue weighted by Gasteiger charge is -2.55. The molecule has 2 amide bonds. The largest absolute Gasteiger partial charge is 0.477 e. The van der Waals surface area contributed by atoms with E-state index in [1.54, 1.807) is 13.0 Å². The number of aliphatic carboxylic acids is 1. The zero-order valence-electron chi connectivity index (χ0n) is 27.2. The van der Waals surface area contributed by atoms with E-state index in [2.05, 4.69) is 5.10 Å². The fourth-order valence-electron chi connectivity index (χ4n) is 8.62. The van der Waals surface area contributed by atoms with E-state index in [0.717, 1.165) is 71.2 Å². The van der Waals surface area contributed by atoms with Crippen molar-refractivity contribution >= 4 is 33.5 Å². The van der Waals surface area contributed by atoms with Gasteiger partial charge in [0.1, 0.15) is 50.7 Å². The van der Waals surface area contributed by atoms with Crippen molar-refractivity contribution in [1.29, 1.82) is 0 Å². The number of quaternary nitrogens is 2. The number of carbonyl (C=O) groups is 3. The van der Waals surface area contributed by atoms with Gasteiger partial charge in [0.05, 0.1) is 36.0 Å². The van der Waals surface area contributed by atoms with Crippen molar-refractivity contribution in [2.45, 2.75) is 37.3 Å². The summed E-state index contributed by atoms with van der Waals surface area (Å²) >= 11 is 0. The number of fused-ring (bicyclic) bond motifs is 5. The lowest BCUT2D eigenvalue weighted by atomic mass is 9.78. The monoisotopic (exact) mass is 678 g/mol. The second-order valence-electron chi connectivity index (χ2n) is 14.2. The van der Waals surface area contributed by atoms with Gasteiger partial charge in [-0.1, -0.05) is 43.3 Å². The van der Waals surface area contributed by atoms with Crippen LogP contribution in [0.25, 0.3) is 0 Å². The van der Waals surface area contributed by atoms with Crippen molar-refractivity contribution in [2.24, 2.45) is 22.7 Å². The standard InChI is InChI=1S/C34H40N6O7S/c1-21-26(32(34(44)45)38-31(21)29(22(2)41)33(38)43)19-37-36-30(24-6-4-3-5-7-24)25-18-23(8-9-27(25)48(37,46)47)10-11-39-12-15-40(16-13-39,17-14-39)20-28(35)42/h3-9,18,21-22,29,31,41H,10-17,19-20H2,1-2H3,(H-2,35,42,44,45)/p+2. The molecule has 6 aliphatic rings. The Labute approximate surface area is 279 Å². The van der Waals surface area contributed by atoms with Crippen LogP contribution in [0.3, 0.4) is 0 Å². The molecule has 254 valence electrons. The van der Waals surface area contributed by atoms with Crippen molar-refractivity contribution < 1.29 is 42.0 Å². The van der Waals surface area contributed by atoms with Crippen LogP contribution >= 0.6 is 0 Å². The normalized spacial score (nSPS) is 30.8. The molecule has 2 aromatic rings. The number of carboxylic acids is 1. The van der Waals surface area contributed by atoms with Crippen LogP contribution in [0.5, 0.6) is 0 Å². The van der Waals surface area contributed by atoms with Crippen LogP contribution in [-0.2, 0) is 30.8 Å². The maximum Gasteiger partial charge on any atom is 0.352 e. The Morgan fingerprint density at radius 3 is 2.29 bits per heavy atom. The van der Waals surface area contributed by atoms with Gasteiger partial charge in [-0.05, 0) is 30.2 Å². The van der Waals surface area contributed by atoms with E-state index in [-0.39, 0.29) is 28.6 Å². The highest BCUT2D eigenvalue weighted by molar-refractivity contribution is 7.89. The molecular formula is C34H42N6O7S+2. The van der Waals surface area contributed by atoms with Crippen LogP contribution < -0.4 is 5.73 Å². The number of carboxylic acid groups (broad SMARTS) is 1. The van der Waals surface area contributed by atoms with E-state index in [9.17, 15) is 33.0 Å². The number of benzene rings is 2. The van der Waals surface area contributed by atoms with Gasteiger partial charge in [-0.15, -0.1) is 0 Å². The van der Waals surface area contributed by atoms with Gasteiger partial charge in [0.2, 0.25) is 5.91 Å². The highest BCUT2D eigenvalue weighted by Gasteiger charge is 2.60. The molecule has 8 rings (SSSR count). The fourth-order valence-corrected chi connectivity index (χ4v) is 10.0. The fraction of sp³-hybridized carbons (Fsp3) is 0.471. The molecule has 13 nitrogen and oxygen atoms in total. The summed E-state index contributed by atoms with van der Waals surface area (Å²) in [6.07, 6.45) is -0.223. The molecular weight excluding hydrogens is 636 g/mol. The average Bonchev–Trinajstić information content (AvgIpc) is 3.29. The zero-order chi connectivity index (χ0) is 34.2. The van der Waals surface area contributed by atoms with Gasteiger partial charge in [0, 0.05) is 23.5 Å². The van der Waals surface area contributed by atoms with E-state index in [1.807, 2.05) is 42.5 Å². The van der Waals surface area contributed by atoms with Crippen molar-refractivity contribution in [3.63, 3.8) is 0 Å².